The fraction of sp³-hybridized carbons (Fsp3) is 0.438. The highest BCUT2D eigenvalue weighted by molar-refractivity contribution is 9.10. The Kier molecular flexibility index (Phi) is 5.99. The highest BCUT2D eigenvalue weighted by Gasteiger charge is 2.19. The lowest BCUT2D eigenvalue weighted by atomic mass is 9.96. The Bertz CT molecular complexity index is 593. The van der Waals surface area contributed by atoms with Crippen LogP contribution in [-0.4, -0.2) is 15.1 Å². The van der Waals surface area contributed by atoms with E-state index < -0.39 is 0 Å². The van der Waals surface area contributed by atoms with Gasteiger partial charge in [-0.05, 0) is 59.3 Å². The molecule has 1 unspecified atom stereocenters. The summed E-state index contributed by atoms with van der Waals surface area (Å²) in [5.41, 5.74) is 3.45. The molecule has 0 saturated carbocycles. The molecule has 0 spiro atoms. The monoisotopic (exact) mass is 416 g/mol. The SMILES string of the molecule is CCc1nn(CC)c(CC(CBr)c2ccc(F)cc2)c1Br. The van der Waals surface area contributed by atoms with Crippen LogP contribution < -0.4 is 0 Å². The lowest BCUT2D eigenvalue weighted by Crippen LogP contribution is -2.10. The molecule has 2 aromatic rings. The van der Waals surface area contributed by atoms with Crippen molar-refractivity contribution in [1.29, 1.82) is 0 Å². The van der Waals surface area contributed by atoms with Crippen molar-refractivity contribution in [2.24, 2.45) is 0 Å². The van der Waals surface area contributed by atoms with Gasteiger partial charge in [0.15, 0.2) is 0 Å². The second-order valence-corrected chi connectivity index (χ2v) is 6.42. The molecule has 0 fully saturated rings. The Balaban J connectivity index is 2.30. The maximum atomic E-state index is 13.1. The Hall–Kier alpha value is -0.680. The van der Waals surface area contributed by atoms with E-state index in [0.717, 1.165) is 40.4 Å². The molecule has 114 valence electrons. The number of alkyl halides is 1. The molecule has 0 amide bonds. The summed E-state index contributed by atoms with van der Waals surface area (Å²) in [6.07, 6.45) is 1.79. The average Bonchev–Trinajstić information content (AvgIpc) is 2.81. The van der Waals surface area contributed by atoms with Crippen LogP contribution in [0.5, 0.6) is 0 Å². The Morgan fingerprint density at radius 2 is 1.90 bits per heavy atom. The lowest BCUT2D eigenvalue weighted by Gasteiger charge is -2.16. The van der Waals surface area contributed by atoms with Gasteiger partial charge in [-0.3, -0.25) is 4.68 Å². The van der Waals surface area contributed by atoms with Crippen molar-refractivity contribution in [3.8, 4) is 0 Å². The van der Waals surface area contributed by atoms with E-state index in [4.69, 9.17) is 0 Å². The van der Waals surface area contributed by atoms with E-state index in [1.807, 2.05) is 12.1 Å². The summed E-state index contributed by atoms with van der Waals surface area (Å²) >= 11 is 7.27. The summed E-state index contributed by atoms with van der Waals surface area (Å²) in [6.45, 7) is 5.06. The van der Waals surface area contributed by atoms with E-state index >= 15 is 0 Å². The number of hydrogen-bond donors (Lipinski definition) is 0. The van der Waals surface area contributed by atoms with Gasteiger partial charge in [0.25, 0.3) is 0 Å². The maximum absolute atomic E-state index is 13.1. The van der Waals surface area contributed by atoms with Crippen molar-refractivity contribution < 1.29 is 4.39 Å². The van der Waals surface area contributed by atoms with Crippen LogP contribution in [0.1, 0.15) is 36.7 Å². The molecule has 21 heavy (non-hydrogen) atoms. The smallest absolute Gasteiger partial charge is 0.123 e. The maximum Gasteiger partial charge on any atom is 0.123 e. The van der Waals surface area contributed by atoms with Gasteiger partial charge in [0.1, 0.15) is 5.82 Å². The van der Waals surface area contributed by atoms with Gasteiger partial charge in [0, 0.05) is 11.9 Å². The molecule has 2 rings (SSSR count). The molecule has 1 heterocycles. The molecular formula is C16H19Br2FN2. The van der Waals surface area contributed by atoms with Crippen molar-refractivity contribution in [3.63, 3.8) is 0 Å². The molecule has 0 bridgehead atoms. The third-order valence-corrected chi connectivity index (χ3v) is 5.36. The van der Waals surface area contributed by atoms with Gasteiger partial charge < -0.3 is 0 Å². The van der Waals surface area contributed by atoms with Crippen molar-refractivity contribution in [1.82, 2.24) is 9.78 Å². The summed E-state index contributed by atoms with van der Waals surface area (Å²) < 4.78 is 16.2. The van der Waals surface area contributed by atoms with E-state index in [9.17, 15) is 4.39 Å². The Morgan fingerprint density at radius 3 is 2.43 bits per heavy atom. The van der Waals surface area contributed by atoms with Crippen LogP contribution >= 0.6 is 31.9 Å². The fourth-order valence-electron chi connectivity index (χ4n) is 2.44. The van der Waals surface area contributed by atoms with E-state index in [2.05, 4.69) is 55.5 Å². The Labute approximate surface area is 142 Å². The van der Waals surface area contributed by atoms with Crippen molar-refractivity contribution in [3.05, 3.63) is 51.5 Å². The number of aromatic nitrogens is 2. The first kappa shape index (κ1) is 16.7. The number of nitrogens with zero attached hydrogens (tertiary/aromatic N) is 2. The van der Waals surface area contributed by atoms with E-state index in [0.29, 0.717) is 5.92 Å². The first-order chi connectivity index (χ1) is 10.1. The van der Waals surface area contributed by atoms with Gasteiger partial charge in [0.05, 0.1) is 15.9 Å². The van der Waals surface area contributed by atoms with Gasteiger partial charge >= 0.3 is 0 Å². The quantitative estimate of drug-likeness (QED) is 0.598. The summed E-state index contributed by atoms with van der Waals surface area (Å²) in [6, 6.07) is 6.77. The van der Waals surface area contributed by atoms with Gasteiger partial charge in [-0.1, -0.05) is 35.0 Å². The standard InChI is InChI=1S/C16H19Br2FN2/c1-3-14-16(18)15(21(4-2)20-14)9-12(10-17)11-5-7-13(19)8-6-11/h5-8,12H,3-4,9-10H2,1-2H3. The number of benzene rings is 1. The first-order valence-corrected chi connectivity index (χ1v) is 9.07. The Morgan fingerprint density at radius 1 is 1.24 bits per heavy atom. The minimum absolute atomic E-state index is 0.194. The van der Waals surface area contributed by atoms with Crippen molar-refractivity contribution in [2.45, 2.75) is 39.2 Å². The number of halogens is 3. The second-order valence-electron chi connectivity index (χ2n) is 4.98. The van der Waals surface area contributed by atoms with Crippen LogP contribution in [0.2, 0.25) is 0 Å². The molecule has 0 saturated heterocycles. The van der Waals surface area contributed by atoms with E-state index in [1.54, 1.807) is 0 Å². The summed E-state index contributed by atoms with van der Waals surface area (Å²) in [4.78, 5) is 0. The zero-order valence-corrected chi connectivity index (χ0v) is 15.4. The topological polar surface area (TPSA) is 17.8 Å². The van der Waals surface area contributed by atoms with Crippen LogP contribution in [-0.2, 0) is 19.4 Å². The van der Waals surface area contributed by atoms with Crippen LogP contribution in [0.4, 0.5) is 4.39 Å². The minimum Gasteiger partial charge on any atom is -0.268 e. The fourth-order valence-corrected chi connectivity index (χ4v) is 3.77. The molecule has 0 N–H and O–H groups in total. The number of rotatable bonds is 6. The molecular weight excluding hydrogens is 399 g/mol. The highest BCUT2D eigenvalue weighted by Crippen LogP contribution is 2.29. The zero-order valence-electron chi connectivity index (χ0n) is 12.2. The van der Waals surface area contributed by atoms with Crippen LogP contribution in [0.3, 0.4) is 0 Å². The summed E-state index contributed by atoms with van der Waals surface area (Å²) in [7, 11) is 0. The van der Waals surface area contributed by atoms with Gasteiger partial charge in [0.2, 0.25) is 0 Å². The largest absolute Gasteiger partial charge is 0.268 e. The van der Waals surface area contributed by atoms with E-state index in [1.165, 1.54) is 17.8 Å². The minimum atomic E-state index is -0.194. The molecule has 0 aliphatic rings. The third-order valence-electron chi connectivity index (χ3n) is 3.66. The highest BCUT2D eigenvalue weighted by atomic mass is 79.9. The normalized spacial score (nSPS) is 12.6. The van der Waals surface area contributed by atoms with Crippen LogP contribution in [0.15, 0.2) is 28.7 Å². The summed E-state index contributed by atoms with van der Waals surface area (Å²) in [5, 5.41) is 5.47. The molecule has 1 atom stereocenters. The molecule has 0 aliphatic carbocycles. The van der Waals surface area contributed by atoms with Crippen LogP contribution in [0.25, 0.3) is 0 Å². The number of aryl methyl sites for hydroxylation is 2. The zero-order chi connectivity index (χ0) is 15.4. The van der Waals surface area contributed by atoms with Crippen molar-refractivity contribution >= 4 is 31.9 Å². The molecule has 1 aromatic carbocycles. The average molecular weight is 418 g/mol. The van der Waals surface area contributed by atoms with E-state index in [-0.39, 0.29) is 5.82 Å². The third kappa shape index (κ3) is 3.75. The first-order valence-electron chi connectivity index (χ1n) is 7.16. The van der Waals surface area contributed by atoms with Gasteiger partial charge in [-0.15, -0.1) is 0 Å². The molecule has 0 aliphatic heterocycles. The molecule has 1 aromatic heterocycles. The molecule has 2 nitrogen and oxygen atoms in total. The molecule has 0 radical (unpaired) electrons. The second kappa shape index (κ2) is 7.54. The van der Waals surface area contributed by atoms with Crippen molar-refractivity contribution in [2.75, 3.05) is 5.33 Å². The summed E-state index contributed by atoms with van der Waals surface area (Å²) in [5.74, 6) is 0.105. The lowest BCUT2D eigenvalue weighted by molar-refractivity contribution is 0.592. The van der Waals surface area contributed by atoms with Crippen LogP contribution in [0, 0.1) is 5.82 Å². The number of hydrogen-bond acceptors (Lipinski definition) is 1. The predicted molar refractivity (Wildman–Crippen MR) is 91.6 cm³/mol. The predicted octanol–water partition coefficient (Wildman–Crippen LogP) is 5.09. The molecule has 5 heteroatoms. The van der Waals surface area contributed by atoms with Gasteiger partial charge in [-0.25, -0.2) is 4.39 Å². The van der Waals surface area contributed by atoms with Gasteiger partial charge in [-0.2, -0.15) is 5.10 Å².